The van der Waals surface area contributed by atoms with Gasteiger partial charge in [-0.05, 0) is 12.5 Å². The van der Waals surface area contributed by atoms with Gasteiger partial charge in [0.25, 0.3) is 0 Å². The van der Waals surface area contributed by atoms with Crippen molar-refractivity contribution in [3.63, 3.8) is 0 Å². The summed E-state index contributed by atoms with van der Waals surface area (Å²) < 4.78 is 4.89. The summed E-state index contributed by atoms with van der Waals surface area (Å²) >= 11 is 0. The average Bonchev–Trinajstić information content (AvgIpc) is 2.83. The van der Waals surface area contributed by atoms with Gasteiger partial charge in [-0.2, -0.15) is 0 Å². The zero-order valence-electron chi connectivity index (χ0n) is 10.0. The number of hydrogen-bond acceptors (Lipinski definition) is 4. The lowest BCUT2D eigenvalue weighted by Gasteiger charge is -2.29. The van der Waals surface area contributed by atoms with E-state index in [1.54, 1.807) is 6.07 Å². The minimum absolute atomic E-state index is 0.120. The average molecular weight is 250 g/mol. The Labute approximate surface area is 104 Å². The second-order valence-corrected chi connectivity index (χ2v) is 4.19. The molecule has 6 heteroatoms. The summed E-state index contributed by atoms with van der Waals surface area (Å²) in [7, 11) is 0. The van der Waals surface area contributed by atoms with Gasteiger partial charge in [-0.15, -0.1) is 0 Å². The van der Waals surface area contributed by atoms with Gasteiger partial charge in [0.1, 0.15) is 5.92 Å². The van der Waals surface area contributed by atoms with Crippen LogP contribution in [0.4, 0.5) is 4.79 Å². The molecule has 0 radical (unpaired) electrons. The molecule has 1 fully saturated rings. The van der Waals surface area contributed by atoms with E-state index in [4.69, 9.17) is 4.42 Å². The summed E-state index contributed by atoms with van der Waals surface area (Å²) in [5.74, 6) is -1.71. The molecule has 0 bridgehead atoms. The maximum atomic E-state index is 12.1. The van der Waals surface area contributed by atoms with Crippen molar-refractivity contribution in [3.05, 3.63) is 24.2 Å². The molecular weight excluding hydrogens is 236 g/mol. The van der Waals surface area contributed by atoms with E-state index in [1.807, 2.05) is 6.92 Å². The highest BCUT2D eigenvalue weighted by atomic mass is 16.3. The highest BCUT2D eigenvalue weighted by Gasteiger charge is 2.39. The lowest BCUT2D eigenvalue weighted by atomic mass is 9.99. The number of barbiturate groups is 1. The fourth-order valence-corrected chi connectivity index (χ4v) is 1.92. The van der Waals surface area contributed by atoms with Gasteiger partial charge in [0, 0.05) is 5.56 Å². The quantitative estimate of drug-likeness (QED) is 0.816. The molecule has 96 valence electrons. The third kappa shape index (κ3) is 2.27. The van der Waals surface area contributed by atoms with E-state index in [2.05, 4.69) is 5.32 Å². The number of nitrogens with zero attached hydrogens (tertiary/aromatic N) is 1. The van der Waals surface area contributed by atoms with Gasteiger partial charge in [0.15, 0.2) is 0 Å². The van der Waals surface area contributed by atoms with Gasteiger partial charge in [0.05, 0.1) is 19.1 Å². The van der Waals surface area contributed by atoms with Crippen LogP contribution in [0.25, 0.3) is 0 Å². The van der Waals surface area contributed by atoms with Crippen molar-refractivity contribution in [1.29, 1.82) is 0 Å². The molecular formula is C12H14N2O4. The first kappa shape index (κ1) is 12.3. The van der Waals surface area contributed by atoms with Crippen molar-refractivity contribution in [1.82, 2.24) is 10.2 Å². The number of amides is 4. The molecule has 1 aliphatic heterocycles. The van der Waals surface area contributed by atoms with Crippen molar-refractivity contribution >= 4 is 17.8 Å². The minimum atomic E-state index is -0.764. The first-order valence-electron chi connectivity index (χ1n) is 5.80. The lowest BCUT2D eigenvalue weighted by molar-refractivity contribution is -0.143. The van der Waals surface area contributed by atoms with Crippen LogP contribution >= 0.6 is 0 Å². The number of imide groups is 2. The standard InChI is InChI=1S/C12H14N2O4/c1-2-3-9-10(15)13-12(17)14(11(9)16)6-8-4-5-18-7-8/h4-5,7,9H,2-3,6H2,1H3,(H,13,15,17). The van der Waals surface area contributed by atoms with Crippen molar-refractivity contribution in [3.8, 4) is 0 Å². The molecule has 0 aromatic carbocycles. The number of carbonyl (C=O) groups excluding carboxylic acids is 3. The van der Waals surface area contributed by atoms with Crippen LogP contribution in [0.1, 0.15) is 25.3 Å². The molecule has 1 N–H and O–H groups in total. The predicted molar refractivity (Wildman–Crippen MR) is 61.2 cm³/mol. The topological polar surface area (TPSA) is 79.6 Å². The van der Waals surface area contributed by atoms with Crippen LogP contribution in [-0.2, 0) is 16.1 Å². The maximum absolute atomic E-state index is 12.1. The first-order chi connectivity index (χ1) is 8.63. The lowest BCUT2D eigenvalue weighted by Crippen LogP contribution is -2.57. The van der Waals surface area contributed by atoms with Gasteiger partial charge in [-0.1, -0.05) is 13.3 Å². The monoisotopic (exact) mass is 250 g/mol. The maximum Gasteiger partial charge on any atom is 0.331 e. The number of carbonyl (C=O) groups is 3. The van der Waals surface area contributed by atoms with Crippen LogP contribution < -0.4 is 5.32 Å². The predicted octanol–water partition coefficient (Wildman–Crippen LogP) is 1.27. The SMILES string of the molecule is CCCC1C(=O)NC(=O)N(Cc2ccoc2)C1=O. The highest BCUT2D eigenvalue weighted by molar-refractivity contribution is 6.16. The molecule has 0 saturated carbocycles. The Morgan fingerprint density at radius 1 is 1.39 bits per heavy atom. The fourth-order valence-electron chi connectivity index (χ4n) is 1.92. The Morgan fingerprint density at radius 2 is 2.17 bits per heavy atom. The van der Waals surface area contributed by atoms with Crippen LogP contribution in [0.15, 0.2) is 23.0 Å². The molecule has 1 unspecified atom stereocenters. The number of nitrogens with one attached hydrogen (secondary N) is 1. The molecule has 18 heavy (non-hydrogen) atoms. The van der Waals surface area contributed by atoms with Gasteiger partial charge in [-0.25, -0.2) is 4.79 Å². The summed E-state index contributed by atoms with van der Waals surface area (Å²) in [6.45, 7) is 2.01. The number of furan rings is 1. The summed E-state index contributed by atoms with van der Waals surface area (Å²) in [4.78, 5) is 36.3. The van der Waals surface area contributed by atoms with Crippen molar-refractivity contribution in [2.75, 3.05) is 0 Å². The highest BCUT2D eigenvalue weighted by Crippen LogP contribution is 2.18. The van der Waals surface area contributed by atoms with Crippen LogP contribution in [-0.4, -0.2) is 22.7 Å². The molecule has 1 aromatic rings. The van der Waals surface area contributed by atoms with Crippen molar-refractivity contribution in [2.24, 2.45) is 5.92 Å². The fraction of sp³-hybridized carbons (Fsp3) is 0.417. The van der Waals surface area contributed by atoms with Gasteiger partial charge in [0.2, 0.25) is 11.8 Å². The number of rotatable bonds is 4. The number of urea groups is 1. The molecule has 1 aliphatic rings. The van der Waals surface area contributed by atoms with E-state index >= 15 is 0 Å². The molecule has 2 heterocycles. The van der Waals surface area contributed by atoms with Gasteiger partial charge >= 0.3 is 6.03 Å². The van der Waals surface area contributed by atoms with Crippen LogP contribution in [0, 0.1) is 5.92 Å². The molecule has 1 atom stereocenters. The van der Waals surface area contributed by atoms with Crippen LogP contribution in [0.5, 0.6) is 0 Å². The molecule has 4 amide bonds. The Morgan fingerprint density at radius 3 is 2.78 bits per heavy atom. The van der Waals surface area contributed by atoms with E-state index in [0.29, 0.717) is 18.4 Å². The van der Waals surface area contributed by atoms with Gasteiger partial charge < -0.3 is 4.42 Å². The normalized spacial score (nSPS) is 20.2. The summed E-state index contributed by atoms with van der Waals surface area (Å²) in [6.07, 6.45) is 4.08. The third-order valence-electron chi connectivity index (χ3n) is 2.85. The third-order valence-corrected chi connectivity index (χ3v) is 2.85. The van der Waals surface area contributed by atoms with E-state index in [9.17, 15) is 14.4 Å². The summed E-state index contributed by atoms with van der Waals surface area (Å²) in [5, 5.41) is 2.20. The van der Waals surface area contributed by atoms with E-state index in [0.717, 1.165) is 4.90 Å². The van der Waals surface area contributed by atoms with Crippen molar-refractivity contribution in [2.45, 2.75) is 26.3 Å². The zero-order chi connectivity index (χ0) is 13.1. The Balaban J connectivity index is 2.15. The molecule has 2 rings (SSSR count). The van der Waals surface area contributed by atoms with Crippen molar-refractivity contribution < 1.29 is 18.8 Å². The minimum Gasteiger partial charge on any atom is -0.472 e. The second-order valence-electron chi connectivity index (χ2n) is 4.19. The van der Waals surface area contributed by atoms with Crippen LogP contribution in [0.3, 0.4) is 0 Å². The smallest absolute Gasteiger partial charge is 0.331 e. The zero-order valence-corrected chi connectivity index (χ0v) is 10.0. The van der Waals surface area contributed by atoms with E-state index in [1.165, 1.54) is 12.5 Å². The Bertz CT molecular complexity index is 466. The summed E-state index contributed by atoms with van der Waals surface area (Å²) in [6, 6.07) is 1.00. The first-order valence-corrected chi connectivity index (χ1v) is 5.80. The molecule has 1 saturated heterocycles. The Kier molecular flexibility index (Phi) is 3.45. The second kappa shape index (κ2) is 5.03. The number of hydrogen-bond donors (Lipinski definition) is 1. The molecule has 6 nitrogen and oxygen atoms in total. The largest absolute Gasteiger partial charge is 0.472 e. The van der Waals surface area contributed by atoms with Gasteiger partial charge in [-0.3, -0.25) is 19.8 Å². The Hall–Kier alpha value is -2.11. The molecule has 0 spiro atoms. The van der Waals surface area contributed by atoms with E-state index in [-0.39, 0.29) is 6.54 Å². The van der Waals surface area contributed by atoms with Crippen LogP contribution in [0.2, 0.25) is 0 Å². The summed E-state index contributed by atoms with van der Waals surface area (Å²) in [5.41, 5.74) is 0.711. The molecule has 0 aliphatic carbocycles. The molecule has 1 aromatic heterocycles. The van der Waals surface area contributed by atoms with E-state index < -0.39 is 23.8 Å².